The Kier molecular flexibility index (Phi) is 3.78. The maximum absolute atomic E-state index is 5.78. The summed E-state index contributed by atoms with van der Waals surface area (Å²) in [6.45, 7) is 2.60. The van der Waals surface area contributed by atoms with Gasteiger partial charge in [-0.2, -0.15) is 4.98 Å². The van der Waals surface area contributed by atoms with Crippen LogP contribution >= 0.6 is 0 Å². The molecule has 1 aromatic heterocycles. The maximum Gasteiger partial charge on any atom is 0.222 e. The zero-order valence-corrected chi connectivity index (χ0v) is 11.4. The zero-order valence-electron chi connectivity index (χ0n) is 11.4. The van der Waals surface area contributed by atoms with Crippen LogP contribution in [-0.4, -0.2) is 23.1 Å². The van der Waals surface area contributed by atoms with Gasteiger partial charge in [-0.05, 0) is 12.0 Å². The molecule has 0 saturated carbocycles. The molecule has 0 bridgehead atoms. The lowest BCUT2D eigenvalue weighted by Crippen LogP contribution is -2.27. The molecule has 1 aliphatic heterocycles. The number of hydrogen-bond donors (Lipinski definition) is 3. The van der Waals surface area contributed by atoms with Crippen molar-refractivity contribution in [1.29, 1.82) is 0 Å². The van der Waals surface area contributed by atoms with Gasteiger partial charge in [-0.25, -0.2) is 4.98 Å². The topological polar surface area (TPSA) is 75.9 Å². The number of fused-ring (bicyclic) bond motifs is 1. The summed E-state index contributed by atoms with van der Waals surface area (Å²) >= 11 is 0. The molecule has 1 aliphatic rings. The average molecular weight is 269 g/mol. The van der Waals surface area contributed by atoms with Crippen molar-refractivity contribution in [3.63, 3.8) is 0 Å². The number of hydrogen-bond acceptors (Lipinski definition) is 5. The molecule has 0 unspecified atom stereocenters. The lowest BCUT2D eigenvalue weighted by Gasteiger charge is -2.19. The number of benzene rings is 1. The number of nitrogens with zero attached hydrogens (tertiary/aromatic N) is 2. The van der Waals surface area contributed by atoms with Gasteiger partial charge in [-0.1, -0.05) is 30.3 Å². The van der Waals surface area contributed by atoms with E-state index in [0.717, 1.165) is 49.6 Å². The third-order valence-electron chi connectivity index (χ3n) is 3.50. The summed E-state index contributed by atoms with van der Waals surface area (Å²) < 4.78 is 0. The molecule has 0 aliphatic carbocycles. The van der Waals surface area contributed by atoms with Crippen LogP contribution in [0.1, 0.15) is 16.8 Å². The first-order valence-electron chi connectivity index (χ1n) is 6.97. The minimum atomic E-state index is 0.355. The molecule has 0 atom stereocenters. The highest BCUT2D eigenvalue weighted by molar-refractivity contribution is 5.50. The Morgan fingerprint density at radius 3 is 2.90 bits per heavy atom. The van der Waals surface area contributed by atoms with Gasteiger partial charge in [0.15, 0.2) is 0 Å². The Morgan fingerprint density at radius 2 is 2.05 bits per heavy atom. The van der Waals surface area contributed by atoms with E-state index in [2.05, 4.69) is 44.9 Å². The van der Waals surface area contributed by atoms with Crippen LogP contribution in [0.2, 0.25) is 0 Å². The van der Waals surface area contributed by atoms with Crippen molar-refractivity contribution >= 4 is 11.8 Å². The van der Waals surface area contributed by atoms with Crippen molar-refractivity contribution < 1.29 is 0 Å². The van der Waals surface area contributed by atoms with E-state index in [4.69, 9.17) is 5.73 Å². The Labute approximate surface area is 118 Å². The van der Waals surface area contributed by atoms with Crippen molar-refractivity contribution in [3.8, 4) is 0 Å². The molecule has 4 N–H and O–H groups in total. The summed E-state index contributed by atoms with van der Waals surface area (Å²) in [5, 5.41) is 6.74. The largest absolute Gasteiger partial charge is 0.369 e. The standard InChI is InChI=1S/C15H19N5/c16-15-19-13-7-8-17-10-12(13)14(20-15)18-9-6-11-4-2-1-3-5-11/h1-5,17H,6-10H2,(H3,16,18,19,20). The number of aromatic nitrogens is 2. The summed E-state index contributed by atoms with van der Waals surface area (Å²) in [7, 11) is 0. The van der Waals surface area contributed by atoms with E-state index in [1.165, 1.54) is 5.56 Å². The van der Waals surface area contributed by atoms with Crippen molar-refractivity contribution in [2.75, 3.05) is 24.1 Å². The smallest absolute Gasteiger partial charge is 0.222 e. The highest BCUT2D eigenvalue weighted by atomic mass is 15.1. The Morgan fingerprint density at radius 1 is 1.20 bits per heavy atom. The second-order valence-electron chi connectivity index (χ2n) is 4.94. The highest BCUT2D eigenvalue weighted by Crippen LogP contribution is 2.20. The van der Waals surface area contributed by atoms with Crippen LogP contribution in [-0.2, 0) is 19.4 Å². The molecule has 1 aromatic carbocycles. The Bertz CT molecular complexity index is 582. The van der Waals surface area contributed by atoms with E-state index >= 15 is 0 Å². The molecule has 0 radical (unpaired) electrons. The van der Waals surface area contributed by atoms with Crippen molar-refractivity contribution in [2.24, 2.45) is 0 Å². The SMILES string of the molecule is Nc1nc2c(c(NCCc3ccccc3)n1)CNCC2. The predicted octanol–water partition coefficient (Wildman–Crippen LogP) is 1.36. The molecule has 3 rings (SSSR count). The van der Waals surface area contributed by atoms with Crippen LogP contribution < -0.4 is 16.4 Å². The van der Waals surface area contributed by atoms with E-state index in [1.807, 2.05) is 6.07 Å². The first-order valence-corrected chi connectivity index (χ1v) is 6.97. The normalized spacial score (nSPS) is 13.8. The van der Waals surface area contributed by atoms with E-state index < -0.39 is 0 Å². The lowest BCUT2D eigenvalue weighted by atomic mass is 10.1. The summed E-state index contributed by atoms with van der Waals surface area (Å²) in [4.78, 5) is 8.66. The Balaban J connectivity index is 1.69. The molecule has 104 valence electrons. The fourth-order valence-corrected chi connectivity index (χ4v) is 2.48. The summed E-state index contributed by atoms with van der Waals surface area (Å²) in [5.41, 5.74) is 9.32. The third-order valence-corrected chi connectivity index (χ3v) is 3.50. The first-order chi connectivity index (χ1) is 9.83. The first kappa shape index (κ1) is 12.9. The van der Waals surface area contributed by atoms with Gasteiger partial charge in [0, 0.05) is 31.6 Å². The number of nitrogens with one attached hydrogen (secondary N) is 2. The predicted molar refractivity (Wildman–Crippen MR) is 80.5 cm³/mol. The fourth-order valence-electron chi connectivity index (χ4n) is 2.48. The minimum absolute atomic E-state index is 0.355. The van der Waals surface area contributed by atoms with E-state index in [-0.39, 0.29) is 0 Å². The van der Waals surface area contributed by atoms with Crippen molar-refractivity contribution in [2.45, 2.75) is 19.4 Å². The minimum Gasteiger partial charge on any atom is -0.369 e. The van der Waals surface area contributed by atoms with Crippen LogP contribution in [0.3, 0.4) is 0 Å². The molecule has 0 saturated heterocycles. The van der Waals surface area contributed by atoms with Crippen LogP contribution in [0.5, 0.6) is 0 Å². The number of nitrogens with two attached hydrogens (primary N) is 1. The monoisotopic (exact) mass is 269 g/mol. The Hall–Kier alpha value is -2.14. The lowest BCUT2D eigenvalue weighted by molar-refractivity contribution is 0.628. The van der Waals surface area contributed by atoms with E-state index in [1.54, 1.807) is 0 Å². The van der Waals surface area contributed by atoms with Crippen LogP contribution in [0.15, 0.2) is 30.3 Å². The summed E-state index contributed by atoms with van der Waals surface area (Å²) in [6, 6.07) is 10.4. The molecular formula is C15H19N5. The number of anilines is 2. The molecular weight excluding hydrogens is 250 g/mol. The third kappa shape index (κ3) is 2.88. The summed E-state index contributed by atoms with van der Waals surface area (Å²) in [5.74, 6) is 1.23. The van der Waals surface area contributed by atoms with Gasteiger partial charge in [0.25, 0.3) is 0 Å². The molecule has 2 aromatic rings. The molecule has 20 heavy (non-hydrogen) atoms. The molecule has 2 heterocycles. The van der Waals surface area contributed by atoms with Crippen molar-refractivity contribution in [3.05, 3.63) is 47.2 Å². The van der Waals surface area contributed by atoms with Gasteiger partial charge in [0.05, 0.1) is 5.69 Å². The van der Waals surface area contributed by atoms with E-state index in [0.29, 0.717) is 5.95 Å². The van der Waals surface area contributed by atoms with Crippen LogP contribution in [0.4, 0.5) is 11.8 Å². The van der Waals surface area contributed by atoms with E-state index in [9.17, 15) is 0 Å². The van der Waals surface area contributed by atoms with Gasteiger partial charge in [0.2, 0.25) is 5.95 Å². The zero-order chi connectivity index (χ0) is 13.8. The highest BCUT2D eigenvalue weighted by Gasteiger charge is 2.16. The second-order valence-corrected chi connectivity index (χ2v) is 4.94. The molecule has 0 amide bonds. The fraction of sp³-hybridized carbons (Fsp3) is 0.333. The molecule has 0 spiro atoms. The molecule has 5 nitrogen and oxygen atoms in total. The second kappa shape index (κ2) is 5.88. The van der Waals surface area contributed by atoms with Gasteiger partial charge in [-0.3, -0.25) is 0 Å². The number of nitrogen functional groups attached to an aromatic ring is 1. The maximum atomic E-state index is 5.78. The van der Waals surface area contributed by atoms with Gasteiger partial charge < -0.3 is 16.4 Å². The quantitative estimate of drug-likeness (QED) is 0.781. The van der Waals surface area contributed by atoms with Gasteiger partial charge >= 0.3 is 0 Å². The van der Waals surface area contributed by atoms with Crippen LogP contribution in [0.25, 0.3) is 0 Å². The van der Waals surface area contributed by atoms with Gasteiger partial charge in [0.1, 0.15) is 5.82 Å². The molecule has 0 fully saturated rings. The number of rotatable bonds is 4. The van der Waals surface area contributed by atoms with Gasteiger partial charge in [-0.15, -0.1) is 0 Å². The van der Waals surface area contributed by atoms with Crippen molar-refractivity contribution in [1.82, 2.24) is 15.3 Å². The molecule has 5 heteroatoms. The van der Waals surface area contributed by atoms with Crippen LogP contribution in [0, 0.1) is 0 Å². The average Bonchev–Trinajstić information content (AvgIpc) is 2.48. The summed E-state index contributed by atoms with van der Waals surface area (Å²) in [6.07, 6.45) is 1.88.